The number of carbonyl (C=O) groups is 1. The van der Waals surface area contributed by atoms with Crippen molar-refractivity contribution in [2.45, 2.75) is 6.54 Å². The zero-order valence-corrected chi connectivity index (χ0v) is 12.3. The van der Waals surface area contributed by atoms with Gasteiger partial charge in [0.25, 0.3) is 5.91 Å². The summed E-state index contributed by atoms with van der Waals surface area (Å²) in [7, 11) is 1.53. The molecule has 0 aromatic heterocycles. The Bertz CT molecular complexity index is 440. The topological polar surface area (TPSA) is 98.4 Å². The summed E-state index contributed by atoms with van der Waals surface area (Å²) in [6.45, 7) is 1.27. The molecule has 1 amide bonds. The minimum atomic E-state index is -0.543. The van der Waals surface area contributed by atoms with Crippen LogP contribution in [0.15, 0.2) is 16.6 Å². The van der Waals surface area contributed by atoms with Gasteiger partial charge in [-0.25, -0.2) is 0 Å². The Balaban J connectivity index is 2.83. The predicted octanol–water partition coefficient (Wildman–Crippen LogP) is -0.622. The summed E-state index contributed by atoms with van der Waals surface area (Å²) in [4.78, 5) is 10.7. The molecule has 19 heavy (non-hydrogen) atoms. The highest BCUT2D eigenvalue weighted by atomic mass is 79.9. The van der Waals surface area contributed by atoms with Gasteiger partial charge in [0.1, 0.15) is 6.54 Å². The molecule has 0 saturated heterocycles. The van der Waals surface area contributed by atoms with E-state index in [0.717, 1.165) is 10.0 Å². The highest BCUT2D eigenvalue weighted by Crippen LogP contribution is 2.33. The smallest absolute Gasteiger partial charge is 0.255 e. The maximum Gasteiger partial charge on any atom is 0.255 e. The van der Waals surface area contributed by atoms with Crippen molar-refractivity contribution in [1.82, 2.24) is 0 Å². The second-order valence-corrected chi connectivity index (χ2v) is 4.71. The third kappa shape index (κ3) is 5.06. The fourth-order valence-corrected chi connectivity index (χ4v) is 1.99. The minimum Gasteiger partial charge on any atom is -0.493 e. The number of halogens is 1. The molecule has 1 aromatic carbocycles. The lowest BCUT2D eigenvalue weighted by molar-refractivity contribution is -0.671. The van der Waals surface area contributed by atoms with Gasteiger partial charge >= 0.3 is 0 Å². The van der Waals surface area contributed by atoms with Gasteiger partial charge in [-0.3, -0.25) is 4.79 Å². The maximum absolute atomic E-state index is 10.7. The van der Waals surface area contributed by atoms with Gasteiger partial charge < -0.3 is 25.6 Å². The summed E-state index contributed by atoms with van der Waals surface area (Å²) < 4.78 is 11.3. The van der Waals surface area contributed by atoms with Gasteiger partial charge in [-0.15, -0.1) is 0 Å². The number of benzene rings is 1. The van der Waals surface area contributed by atoms with Crippen molar-refractivity contribution in [3.8, 4) is 11.5 Å². The van der Waals surface area contributed by atoms with Crippen molar-refractivity contribution in [2.24, 2.45) is 5.73 Å². The maximum atomic E-state index is 10.7. The fraction of sp³-hybridized carbons (Fsp3) is 0.417. The fourth-order valence-electron chi connectivity index (χ4n) is 1.50. The second-order valence-electron chi connectivity index (χ2n) is 3.85. The van der Waals surface area contributed by atoms with E-state index in [0.29, 0.717) is 24.6 Å². The van der Waals surface area contributed by atoms with E-state index in [2.05, 4.69) is 15.9 Å². The third-order valence-electron chi connectivity index (χ3n) is 2.40. The Morgan fingerprint density at radius 2 is 2.21 bits per heavy atom. The highest BCUT2D eigenvalue weighted by Gasteiger charge is 2.12. The van der Waals surface area contributed by atoms with Crippen molar-refractivity contribution in [3.63, 3.8) is 0 Å². The molecule has 5 N–H and O–H groups in total. The number of carbonyl (C=O) groups excluding carboxylic acids is 1. The molecule has 0 aliphatic rings. The van der Waals surface area contributed by atoms with E-state index >= 15 is 0 Å². The molecule has 7 heteroatoms. The molecule has 0 saturated carbocycles. The number of aliphatic hydroxyl groups excluding tert-OH is 1. The van der Waals surface area contributed by atoms with E-state index in [-0.39, 0.29) is 13.2 Å². The summed E-state index contributed by atoms with van der Waals surface area (Å²) in [6, 6.07) is 3.57. The Hall–Kier alpha value is -1.31. The zero-order valence-electron chi connectivity index (χ0n) is 10.7. The van der Waals surface area contributed by atoms with Gasteiger partial charge in [0.15, 0.2) is 18.1 Å². The Labute approximate surface area is 120 Å². The number of methoxy groups -OCH3 is 1. The number of hydrogen-bond acceptors (Lipinski definition) is 4. The molecular weight excluding hydrogens is 316 g/mol. The lowest BCUT2D eigenvalue weighted by Crippen LogP contribution is -2.83. The third-order valence-corrected chi connectivity index (χ3v) is 3.14. The van der Waals surface area contributed by atoms with Crippen LogP contribution in [0.2, 0.25) is 0 Å². The molecule has 0 heterocycles. The Morgan fingerprint density at radius 1 is 1.47 bits per heavy atom. The van der Waals surface area contributed by atoms with Crippen LogP contribution in [0.25, 0.3) is 0 Å². The van der Waals surface area contributed by atoms with Crippen LogP contribution in [0, 0.1) is 0 Å². The molecule has 1 rings (SSSR count). The number of rotatable bonds is 8. The number of quaternary nitrogens is 1. The van der Waals surface area contributed by atoms with Crippen LogP contribution in [0.3, 0.4) is 0 Å². The molecule has 6 nitrogen and oxygen atoms in total. The number of aliphatic hydroxyl groups is 1. The molecule has 0 spiro atoms. The van der Waals surface area contributed by atoms with Gasteiger partial charge in [0, 0.05) is 10.0 Å². The average Bonchev–Trinajstić information content (AvgIpc) is 2.38. The first-order valence-corrected chi connectivity index (χ1v) is 6.57. The quantitative estimate of drug-likeness (QED) is 0.552. The second kappa shape index (κ2) is 7.98. The van der Waals surface area contributed by atoms with E-state index in [1.807, 2.05) is 11.4 Å². The van der Waals surface area contributed by atoms with Crippen LogP contribution in [-0.2, 0) is 11.3 Å². The van der Waals surface area contributed by atoms with Gasteiger partial charge in [0.2, 0.25) is 0 Å². The number of ether oxygens (including phenoxy) is 2. The first-order chi connectivity index (χ1) is 9.08. The minimum absolute atomic E-state index is 0.133. The van der Waals surface area contributed by atoms with Crippen LogP contribution in [0.5, 0.6) is 11.5 Å². The predicted molar refractivity (Wildman–Crippen MR) is 73.0 cm³/mol. The molecule has 106 valence electrons. The molecule has 0 fully saturated rings. The van der Waals surface area contributed by atoms with Crippen LogP contribution in [0.1, 0.15) is 5.56 Å². The van der Waals surface area contributed by atoms with Crippen molar-refractivity contribution in [3.05, 3.63) is 22.2 Å². The molecule has 0 aliphatic carbocycles. The van der Waals surface area contributed by atoms with Gasteiger partial charge in [0.05, 0.1) is 20.3 Å². The van der Waals surface area contributed by atoms with E-state index in [4.69, 9.17) is 20.3 Å². The van der Waals surface area contributed by atoms with Gasteiger partial charge in [-0.05, 0) is 12.1 Å². The van der Waals surface area contributed by atoms with E-state index < -0.39 is 5.91 Å². The van der Waals surface area contributed by atoms with Crippen LogP contribution >= 0.6 is 15.9 Å². The van der Waals surface area contributed by atoms with Crippen molar-refractivity contribution < 1.29 is 24.7 Å². The first kappa shape index (κ1) is 15.7. The Kier molecular flexibility index (Phi) is 6.61. The first-order valence-electron chi connectivity index (χ1n) is 5.78. The lowest BCUT2D eigenvalue weighted by Gasteiger charge is -2.12. The number of amides is 1. The molecule has 1 aromatic rings. The van der Waals surface area contributed by atoms with Crippen LogP contribution in [0.4, 0.5) is 0 Å². The van der Waals surface area contributed by atoms with Crippen molar-refractivity contribution in [1.29, 1.82) is 0 Å². The summed E-state index contributed by atoms with van der Waals surface area (Å²) >= 11 is 3.44. The normalized spacial score (nSPS) is 10.3. The van der Waals surface area contributed by atoms with Crippen LogP contribution < -0.4 is 20.5 Å². The van der Waals surface area contributed by atoms with E-state index in [1.54, 1.807) is 6.07 Å². The number of nitrogens with two attached hydrogens (primary N) is 2. The highest BCUT2D eigenvalue weighted by molar-refractivity contribution is 9.10. The molecule has 0 atom stereocenters. The Morgan fingerprint density at radius 3 is 2.79 bits per heavy atom. The van der Waals surface area contributed by atoms with E-state index in [9.17, 15) is 4.79 Å². The molecule has 0 aliphatic heterocycles. The SMILES string of the molecule is COc1cc(C[NH2+]CCO)c(Br)cc1OCC(N)=O. The summed E-state index contributed by atoms with van der Waals surface area (Å²) in [6.07, 6.45) is 0. The standard InChI is InChI=1S/C12H17BrN2O4/c1-18-10-4-8(6-15-2-3-16)9(13)5-11(10)19-7-12(14)17/h4-5,15-16H,2-3,6-7H2,1H3,(H2,14,17)/p+1. The van der Waals surface area contributed by atoms with Crippen LogP contribution in [-0.4, -0.2) is 37.9 Å². The summed E-state index contributed by atoms with van der Waals surface area (Å²) in [5, 5.41) is 10.7. The van der Waals surface area contributed by atoms with Gasteiger partial charge in [-0.1, -0.05) is 15.9 Å². The average molecular weight is 334 g/mol. The van der Waals surface area contributed by atoms with E-state index in [1.165, 1.54) is 7.11 Å². The number of primary amides is 1. The lowest BCUT2D eigenvalue weighted by atomic mass is 10.2. The molecule has 0 unspecified atom stereocenters. The molecular formula is C12H18BrN2O4+. The monoisotopic (exact) mass is 333 g/mol. The number of hydrogen-bond donors (Lipinski definition) is 3. The molecule has 0 bridgehead atoms. The van der Waals surface area contributed by atoms with Crippen molar-refractivity contribution >= 4 is 21.8 Å². The molecule has 0 radical (unpaired) electrons. The zero-order chi connectivity index (χ0) is 14.3. The van der Waals surface area contributed by atoms with Crippen molar-refractivity contribution in [2.75, 3.05) is 26.9 Å². The summed E-state index contributed by atoms with van der Waals surface area (Å²) in [5.74, 6) is 0.453. The van der Waals surface area contributed by atoms with Gasteiger partial charge in [-0.2, -0.15) is 0 Å². The summed E-state index contributed by atoms with van der Waals surface area (Å²) in [5.41, 5.74) is 6.05. The largest absolute Gasteiger partial charge is 0.493 e.